The fourth-order valence-electron chi connectivity index (χ4n) is 1.98. The number of rotatable bonds is 6. The number of nitrogens with one attached hydrogen (secondary N) is 2. The van der Waals surface area contributed by atoms with Crippen LogP contribution in [0.4, 0.5) is 5.69 Å². The van der Waals surface area contributed by atoms with E-state index in [0.29, 0.717) is 6.54 Å². The monoisotopic (exact) mass is 279 g/mol. The first-order valence-electron chi connectivity index (χ1n) is 6.70. The van der Waals surface area contributed by atoms with Crippen molar-refractivity contribution < 1.29 is 4.79 Å². The summed E-state index contributed by atoms with van der Waals surface area (Å²) >= 11 is 2.01. The minimum atomic E-state index is 0.0511. The molecule has 1 amide bonds. The number of nitrogens with zero attached hydrogens (tertiary/aromatic N) is 1. The molecule has 0 saturated carbocycles. The van der Waals surface area contributed by atoms with Crippen LogP contribution in [0, 0.1) is 0 Å². The van der Waals surface area contributed by atoms with Gasteiger partial charge in [-0.3, -0.25) is 9.69 Å². The molecule has 0 aliphatic carbocycles. The van der Waals surface area contributed by atoms with Crippen LogP contribution in [0.25, 0.3) is 0 Å². The Hall–Kier alpha value is -1.20. The van der Waals surface area contributed by atoms with Crippen molar-refractivity contribution in [3.63, 3.8) is 0 Å². The van der Waals surface area contributed by atoms with E-state index in [1.807, 2.05) is 42.1 Å². The Bertz CT molecular complexity index is 380. The van der Waals surface area contributed by atoms with Gasteiger partial charge in [-0.15, -0.1) is 0 Å². The standard InChI is InChI=1S/C14H21N3OS/c18-14(12-16-13-4-2-1-3-5-13)15-6-7-17-8-10-19-11-9-17/h1-5,16H,6-12H2,(H,15,18). The first-order valence-corrected chi connectivity index (χ1v) is 7.86. The first kappa shape index (κ1) is 14.2. The van der Waals surface area contributed by atoms with Crippen molar-refractivity contribution in [2.45, 2.75) is 0 Å². The van der Waals surface area contributed by atoms with E-state index >= 15 is 0 Å². The number of para-hydroxylation sites is 1. The van der Waals surface area contributed by atoms with Crippen LogP contribution in [0.1, 0.15) is 0 Å². The smallest absolute Gasteiger partial charge is 0.239 e. The minimum Gasteiger partial charge on any atom is -0.376 e. The van der Waals surface area contributed by atoms with Crippen molar-refractivity contribution in [1.29, 1.82) is 0 Å². The second kappa shape index (κ2) is 8.07. The van der Waals surface area contributed by atoms with E-state index in [0.717, 1.165) is 31.9 Å². The summed E-state index contributed by atoms with van der Waals surface area (Å²) < 4.78 is 0. The number of carbonyl (C=O) groups is 1. The highest BCUT2D eigenvalue weighted by molar-refractivity contribution is 7.99. The highest BCUT2D eigenvalue weighted by Gasteiger charge is 2.09. The second-order valence-electron chi connectivity index (χ2n) is 4.52. The molecule has 0 spiro atoms. The molecular weight excluding hydrogens is 258 g/mol. The lowest BCUT2D eigenvalue weighted by Crippen LogP contribution is -2.40. The van der Waals surface area contributed by atoms with Gasteiger partial charge >= 0.3 is 0 Å². The van der Waals surface area contributed by atoms with Crippen LogP contribution in [-0.4, -0.2) is 55.0 Å². The largest absolute Gasteiger partial charge is 0.376 e. The van der Waals surface area contributed by atoms with Crippen molar-refractivity contribution in [1.82, 2.24) is 10.2 Å². The molecule has 0 aromatic heterocycles. The SMILES string of the molecule is O=C(CNc1ccccc1)NCCN1CCSCC1. The first-order chi connectivity index (χ1) is 9.34. The summed E-state index contributed by atoms with van der Waals surface area (Å²) in [4.78, 5) is 14.1. The summed E-state index contributed by atoms with van der Waals surface area (Å²) in [6.45, 7) is 4.31. The van der Waals surface area contributed by atoms with Crippen molar-refractivity contribution in [3.05, 3.63) is 30.3 Å². The van der Waals surface area contributed by atoms with E-state index in [2.05, 4.69) is 15.5 Å². The van der Waals surface area contributed by atoms with Crippen LogP contribution in [0.3, 0.4) is 0 Å². The summed E-state index contributed by atoms with van der Waals surface area (Å²) in [7, 11) is 0. The average molecular weight is 279 g/mol. The molecule has 104 valence electrons. The maximum Gasteiger partial charge on any atom is 0.239 e. The molecule has 1 saturated heterocycles. The predicted octanol–water partition coefficient (Wildman–Crippen LogP) is 1.26. The highest BCUT2D eigenvalue weighted by atomic mass is 32.2. The Labute approximate surface area is 118 Å². The molecular formula is C14H21N3OS. The maximum atomic E-state index is 11.7. The van der Waals surface area contributed by atoms with Gasteiger partial charge in [0.25, 0.3) is 0 Å². The molecule has 19 heavy (non-hydrogen) atoms. The molecule has 5 heteroatoms. The third kappa shape index (κ3) is 5.53. The van der Waals surface area contributed by atoms with E-state index in [1.165, 1.54) is 11.5 Å². The van der Waals surface area contributed by atoms with Gasteiger partial charge in [-0.05, 0) is 12.1 Å². The van der Waals surface area contributed by atoms with Gasteiger partial charge in [-0.1, -0.05) is 18.2 Å². The van der Waals surface area contributed by atoms with Gasteiger partial charge in [0.15, 0.2) is 0 Å². The molecule has 1 aliphatic rings. The Morgan fingerprint density at radius 3 is 2.68 bits per heavy atom. The van der Waals surface area contributed by atoms with Gasteiger partial charge in [-0.25, -0.2) is 0 Å². The lowest BCUT2D eigenvalue weighted by atomic mass is 10.3. The molecule has 2 N–H and O–H groups in total. The van der Waals surface area contributed by atoms with Crippen molar-refractivity contribution in [3.8, 4) is 0 Å². The minimum absolute atomic E-state index is 0.0511. The van der Waals surface area contributed by atoms with Crippen LogP contribution in [0.5, 0.6) is 0 Å². The van der Waals surface area contributed by atoms with E-state index in [1.54, 1.807) is 0 Å². The zero-order valence-corrected chi connectivity index (χ0v) is 11.9. The quantitative estimate of drug-likeness (QED) is 0.823. The van der Waals surface area contributed by atoms with Crippen molar-refractivity contribution in [2.75, 3.05) is 49.5 Å². The third-order valence-corrected chi connectivity index (χ3v) is 4.02. The maximum absolute atomic E-state index is 11.7. The van der Waals surface area contributed by atoms with Gasteiger partial charge in [0.2, 0.25) is 5.91 Å². The number of carbonyl (C=O) groups excluding carboxylic acids is 1. The lowest BCUT2D eigenvalue weighted by Gasteiger charge is -2.26. The van der Waals surface area contributed by atoms with E-state index in [9.17, 15) is 4.79 Å². The molecule has 1 aromatic rings. The van der Waals surface area contributed by atoms with Crippen LogP contribution in [-0.2, 0) is 4.79 Å². The zero-order valence-electron chi connectivity index (χ0n) is 11.1. The topological polar surface area (TPSA) is 44.4 Å². The number of anilines is 1. The van der Waals surface area contributed by atoms with Gasteiger partial charge in [-0.2, -0.15) is 11.8 Å². The normalized spacial score (nSPS) is 16.0. The Morgan fingerprint density at radius 1 is 1.21 bits per heavy atom. The average Bonchev–Trinajstić information content (AvgIpc) is 2.47. The van der Waals surface area contributed by atoms with Gasteiger partial charge < -0.3 is 10.6 Å². The number of benzene rings is 1. The molecule has 0 radical (unpaired) electrons. The van der Waals surface area contributed by atoms with E-state index in [-0.39, 0.29) is 5.91 Å². The van der Waals surface area contributed by atoms with Crippen LogP contribution >= 0.6 is 11.8 Å². The molecule has 1 aromatic carbocycles. The number of hydrogen-bond donors (Lipinski definition) is 2. The molecule has 1 heterocycles. The van der Waals surface area contributed by atoms with Crippen molar-refractivity contribution >= 4 is 23.4 Å². The molecule has 2 rings (SSSR count). The van der Waals surface area contributed by atoms with E-state index < -0.39 is 0 Å². The molecule has 0 unspecified atom stereocenters. The summed E-state index contributed by atoms with van der Waals surface area (Å²) in [6, 6.07) is 9.78. The lowest BCUT2D eigenvalue weighted by molar-refractivity contribution is -0.119. The fourth-order valence-corrected chi connectivity index (χ4v) is 2.96. The zero-order chi connectivity index (χ0) is 13.3. The Balaban J connectivity index is 1.57. The number of thioether (sulfide) groups is 1. The van der Waals surface area contributed by atoms with Gasteiger partial charge in [0.1, 0.15) is 0 Å². The van der Waals surface area contributed by atoms with Crippen LogP contribution in [0.2, 0.25) is 0 Å². The predicted molar refractivity (Wildman–Crippen MR) is 81.7 cm³/mol. The number of hydrogen-bond acceptors (Lipinski definition) is 4. The Kier molecular flexibility index (Phi) is 6.04. The second-order valence-corrected chi connectivity index (χ2v) is 5.75. The summed E-state index contributed by atoms with van der Waals surface area (Å²) in [6.07, 6.45) is 0. The molecule has 0 atom stereocenters. The van der Waals surface area contributed by atoms with Crippen LogP contribution in [0.15, 0.2) is 30.3 Å². The Morgan fingerprint density at radius 2 is 1.95 bits per heavy atom. The molecule has 0 bridgehead atoms. The van der Waals surface area contributed by atoms with Gasteiger partial charge in [0.05, 0.1) is 6.54 Å². The summed E-state index contributed by atoms with van der Waals surface area (Å²) in [5.41, 5.74) is 0.978. The summed E-state index contributed by atoms with van der Waals surface area (Å²) in [5, 5.41) is 6.05. The fraction of sp³-hybridized carbons (Fsp3) is 0.500. The van der Waals surface area contributed by atoms with E-state index in [4.69, 9.17) is 0 Å². The number of amides is 1. The summed E-state index contributed by atoms with van der Waals surface area (Å²) in [5.74, 6) is 2.47. The molecule has 4 nitrogen and oxygen atoms in total. The highest BCUT2D eigenvalue weighted by Crippen LogP contribution is 2.07. The van der Waals surface area contributed by atoms with Crippen molar-refractivity contribution in [2.24, 2.45) is 0 Å². The third-order valence-electron chi connectivity index (χ3n) is 3.08. The van der Waals surface area contributed by atoms with Crippen LogP contribution < -0.4 is 10.6 Å². The molecule has 1 fully saturated rings. The van der Waals surface area contributed by atoms with Gasteiger partial charge in [0, 0.05) is 43.4 Å². The molecule has 1 aliphatic heterocycles.